The highest BCUT2D eigenvalue weighted by atomic mass is 35.5. The molecule has 0 saturated heterocycles. The minimum atomic E-state index is -3.93. The van der Waals surface area contributed by atoms with Crippen molar-refractivity contribution in [3.05, 3.63) is 32.7 Å². The minimum absolute atomic E-state index is 0.0653. The van der Waals surface area contributed by atoms with Crippen LogP contribution in [0.5, 0.6) is 0 Å². The summed E-state index contributed by atoms with van der Waals surface area (Å²) in [4.78, 5) is -0.245. The Morgan fingerprint density at radius 1 is 1.17 bits per heavy atom. The van der Waals surface area contributed by atoms with E-state index in [1.54, 1.807) is 0 Å². The Hall–Kier alpha value is -0.600. The van der Waals surface area contributed by atoms with Crippen LogP contribution in [0.4, 0.5) is 5.13 Å². The first-order chi connectivity index (χ1) is 8.40. The minimum Gasteiger partial charge on any atom is -0.253 e. The van der Waals surface area contributed by atoms with E-state index in [1.807, 2.05) is 0 Å². The van der Waals surface area contributed by atoms with Gasteiger partial charge in [-0.2, -0.15) is 0 Å². The van der Waals surface area contributed by atoms with Crippen LogP contribution in [-0.4, -0.2) is 18.6 Å². The van der Waals surface area contributed by atoms with Crippen LogP contribution >= 0.6 is 46.1 Å². The maximum Gasteiger partial charge on any atom is 0.266 e. The quantitative estimate of drug-likeness (QED) is 0.927. The normalized spacial score (nSPS) is 11.5. The summed E-state index contributed by atoms with van der Waals surface area (Å²) in [5.74, 6) is 0. The molecule has 1 aromatic carbocycles. The van der Waals surface area contributed by atoms with Gasteiger partial charge in [-0.1, -0.05) is 46.1 Å². The van der Waals surface area contributed by atoms with Gasteiger partial charge in [-0.25, -0.2) is 8.42 Å². The van der Waals surface area contributed by atoms with Crippen LogP contribution in [-0.2, 0) is 10.0 Å². The molecule has 0 aliphatic rings. The van der Waals surface area contributed by atoms with Gasteiger partial charge in [0.1, 0.15) is 10.4 Å². The van der Waals surface area contributed by atoms with Gasteiger partial charge in [-0.15, -0.1) is 10.2 Å². The first-order valence-electron chi connectivity index (χ1n) is 4.33. The third-order valence-electron chi connectivity index (χ3n) is 1.81. The lowest BCUT2D eigenvalue weighted by atomic mass is 10.4. The Labute approximate surface area is 122 Å². The molecule has 1 heterocycles. The third-order valence-corrected chi connectivity index (χ3v) is 5.03. The van der Waals surface area contributed by atoms with E-state index in [9.17, 15) is 8.42 Å². The second kappa shape index (κ2) is 5.18. The Morgan fingerprint density at radius 3 is 2.28 bits per heavy atom. The molecule has 2 aromatic rings. The smallest absolute Gasteiger partial charge is 0.253 e. The highest BCUT2D eigenvalue weighted by Gasteiger charge is 2.23. The van der Waals surface area contributed by atoms with Crippen LogP contribution in [0, 0.1) is 0 Å². The van der Waals surface area contributed by atoms with Crippen LogP contribution in [0.1, 0.15) is 0 Å². The predicted molar refractivity (Wildman–Crippen MR) is 72.2 cm³/mol. The molecular formula is C8H4Cl3N3O2S2. The monoisotopic (exact) mass is 343 g/mol. The molecule has 18 heavy (non-hydrogen) atoms. The number of rotatable bonds is 3. The van der Waals surface area contributed by atoms with Crippen LogP contribution < -0.4 is 4.72 Å². The molecule has 0 saturated carbocycles. The lowest BCUT2D eigenvalue weighted by Crippen LogP contribution is -2.14. The first kappa shape index (κ1) is 13.8. The van der Waals surface area contributed by atoms with E-state index in [2.05, 4.69) is 14.9 Å². The molecule has 0 unspecified atom stereocenters. The average Bonchev–Trinajstić information content (AvgIpc) is 2.66. The van der Waals surface area contributed by atoms with Crippen molar-refractivity contribution in [2.75, 3.05) is 4.72 Å². The number of hydrogen-bond acceptors (Lipinski definition) is 5. The third kappa shape index (κ3) is 2.86. The Morgan fingerprint density at radius 2 is 1.78 bits per heavy atom. The fourth-order valence-electron chi connectivity index (χ4n) is 1.17. The highest BCUT2D eigenvalue weighted by molar-refractivity contribution is 7.93. The van der Waals surface area contributed by atoms with E-state index >= 15 is 0 Å². The number of nitrogens with one attached hydrogen (secondary N) is 1. The van der Waals surface area contributed by atoms with Crippen molar-refractivity contribution in [1.29, 1.82) is 0 Å². The van der Waals surface area contributed by atoms with Gasteiger partial charge < -0.3 is 0 Å². The summed E-state index contributed by atoms with van der Waals surface area (Å²) in [6.07, 6.45) is 0. The molecule has 2 rings (SSSR count). The molecule has 0 aliphatic carbocycles. The van der Waals surface area contributed by atoms with Crippen LogP contribution in [0.2, 0.25) is 15.1 Å². The van der Waals surface area contributed by atoms with Gasteiger partial charge in [0, 0.05) is 5.02 Å². The van der Waals surface area contributed by atoms with Crippen LogP contribution in [0.3, 0.4) is 0 Å². The van der Waals surface area contributed by atoms with Crippen molar-refractivity contribution >= 4 is 61.3 Å². The fourth-order valence-corrected chi connectivity index (χ4v) is 4.41. The number of sulfonamides is 1. The number of halogens is 3. The maximum absolute atomic E-state index is 12.1. The van der Waals surface area contributed by atoms with Crippen molar-refractivity contribution in [3.8, 4) is 0 Å². The topological polar surface area (TPSA) is 72.0 Å². The van der Waals surface area contributed by atoms with Gasteiger partial charge in [0.15, 0.2) is 0 Å². The van der Waals surface area contributed by atoms with Gasteiger partial charge in [0.2, 0.25) is 5.13 Å². The molecule has 0 aliphatic heterocycles. The van der Waals surface area contributed by atoms with E-state index in [4.69, 9.17) is 34.8 Å². The van der Waals surface area contributed by atoms with Crippen molar-refractivity contribution in [2.45, 2.75) is 4.90 Å². The van der Waals surface area contributed by atoms with Crippen molar-refractivity contribution < 1.29 is 8.42 Å². The summed E-state index contributed by atoms with van der Waals surface area (Å²) < 4.78 is 26.4. The van der Waals surface area contributed by atoms with Crippen LogP contribution in [0.25, 0.3) is 0 Å². The molecular weight excluding hydrogens is 341 g/mol. The number of anilines is 1. The Kier molecular flexibility index (Phi) is 3.98. The van der Waals surface area contributed by atoms with Crippen LogP contribution in [0.15, 0.2) is 22.5 Å². The molecule has 0 atom stereocenters. The summed E-state index contributed by atoms with van der Waals surface area (Å²) in [6.45, 7) is 0. The summed E-state index contributed by atoms with van der Waals surface area (Å²) in [5.41, 5.74) is 1.39. The molecule has 0 spiro atoms. The lowest BCUT2D eigenvalue weighted by molar-refractivity contribution is 0.601. The molecule has 1 aromatic heterocycles. The summed E-state index contributed by atoms with van der Waals surface area (Å²) in [7, 11) is -3.93. The van der Waals surface area contributed by atoms with E-state index in [0.29, 0.717) is 0 Å². The average molecular weight is 345 g/mol. The van der Waals surface area contributed by atoms with Crippen molar-refractivity contribution in [3.63, 3.8) is 0 Å². The molecule has 10 heteroatoms. The van der Waals surface area contributed by atoms with Crippen molar-refractivity contribution in [2.24, 2.45) is 0 Å². The number of aromatic nitrogens is 2. The number of benzene rings is 1. The van der Waals surface area contributed by atoms with E-state index in [1.165, 1.54) is 17.6 Å². The number of nitrogens with zero attached hydrogens (tertiary/aromatic N) is 2. The summed E-state index contributed by atoms with van der Waals surface area (Å²) in [5, 5.41) is 7.32. The fraction of sp³-hybridized carbons (Fsp3) is 0. The molecule has 1 N–H and O–H groups in total. The molecule has 0 bridgehead atoms. The summed E-state index contributed by atoms with van der Waals surface area (Å²) in [6, 6.07) is 2.59. The zero-order chi connectivity index (χ0) is 13.3. The molecule has 0 fully saturated rings. The van der Waals surface area contributed by atoms with Gasteiger partial charge >= 0.3 is 0 Å². The predicted octanol–water partition coefficient (Wildman–Crippen LogP) is 3.30. The molecule has 5 nitrogen and oxygen atoms in total. The van der Waals surface area contributed by atoms with E-state index < -0.39 is 10.0 Å². The molecule has 96 valence electrons. The first-order valence-corrected chi connectivity index (χ1v) is 7.83. The Bertz CT molecular complexity index is 650. The van der Waals surface area contributed by atoms with Crippen molar-refractivity contribution in [1.82, 2.24) is 10.2 Å². The maximum atomic E-state index is 12.1. The zero-order valence-electron chi connectivity index (χ0n) is 8.39. The van der Waals surface area contributed by atoms with E-state index in [-0.39, 0.29) is 25.1 Å². The van der Waals surface area contributed by atoms with Gasteiger partial charge in [-0.05, 0) is 12.1 Å². The SMILES string of the molecule is O=S(=O)(Nc1nncs1)c1c(Cl)cc(Cl)cc1Cl. The molecule has 0 radical (unpaired) electrons. The standard InChI is InChI=1S/C8H4Cl3N3O2S2/c9-4-1-5(10)7(6(11)2-4)18(15,16)14-8-13-12-3-17-8/h1-3H,(H,13,14). The second-order valence-corrected chi connectivity index (χ2v) is 6.75. The van der Waals surface area contributed by atoms with E-state index in [0.717, 1.165) is 11.3 Å². The second-order valence-electron chi connectivity index (χ2n) is 3.05. The lowest BCUT2D eigenvalue weighted by Gasteiger charge is -2.09. The highest BCUT2D eigenvalue weighted by Crippen LogP contribution is 2.33. The number of hydrogen-bond donors (Lipinski definition) is 1. The van der Waals surface area contributed by atoms with Gasteiger partial charge in [0.05, 0.1) is 10.0 Å². The summed E-state index contributed by atoms with van der Waals surface area (Å²) >= 11 is 18.4. The zero-order valence-corrected chi connectivity index (χ0v) is 12.3. The largest absolute Gasteiger partial charge is 0.266 e. The van der Waals surface area contributed by atoms with Gasteiger partial charge in [0.25, 0.3) is 10.0 Å². The van der Waals surface area contributed by atoms with Gasteiger partial charge in [-0.3, -0.25) is 4.72 Å². The Balaban J connectivity index is 2.48. The molecule has 0 amide bonds.